The van der Waals surface area contributed by atoms with Crippen molar-refractivity contribution >= 4 is 5.91 Å². The first kappa shape index (κ1) is 24.9. The Balaban J connectivity index is 1.35. The van der Waals surface area contributed by atoms with E-state index in [9.17, 15) is 9.90 Å². The van der Waals surface area contributed by atoms with Crippen LogP contribution in [0.15, 0.2) is 67.0 Å². The van der Waals surface area contributed by atoms with Crippen molar-refractivity contribution in [3.05, 3.63) is 94.8 Å². The Hall–Kier alpha value is -3.18. The second-order valence-corrected chi connectivity index (χ2v) is 10.1. The summed E-state index contributed by atoms with van der Waals surface area (Å²) in [6, 6.07) is 19.0. The normalized spacial score (nSPS) is 16.7. The third kappa shape index (κ3) is 6.49. The maximum Gasteiger partial charge on any atom is 0.223 e. The van der Waals surface area contributed by atoms with Gasteiger partial charge >= 0.3 is 0 Å². The summed E-state index contributed by atoms with van der Waals surface area (Å²) < 4.78 is 6.39. The first-order chi connectivity index (χ1) is 16.8. The van der Waals surface area contributed by atoms with Gasteiger partial charge in [-0.1, -0.05) is 50.2 Å². The van der Waals surface area contributed by atoms with Gasteiger partial charge in [0.15, 0.2) is 0 Å². The number of carbonyl (C=O) groups excluding carboxylic acids is 1. The molecule has 5 heteroatoms. The molecular formula is C30H36N2O3. The number of aliphatic hydroxyl groups is 1. The van der Waals surface area contributed by atoms with E-state index < -0.39 is 0 Å². The number of nitrogens with zero attached hydrogens (tertiary/aromatic N) is 2. The SMILES string of the molecule is CC(C)c1ccc(CC2(C)Cc3cc(CCC(=O)N(CCO)Cc4ccncc4)ccc3O2)cc1. The van der Waals surface area contributed by atoms with Gasteiger partial charge in [0.25, 0.3) is 0 Å². The fourth-order valence-electron chi connectivity index (χ4n) is 4.81. The monoisotopic (exact) mass is 472 g/mol. The molecule has 1 unspecified atom stereocenters. The molecule has 4 rings (SSSR count). The average Bonchev–Trinajstić information content (AvgIpc) is 3.18. The van der Waals surface area contributed by atoms with E-state index in [2.05, 4.69) is 62.2 Å². The summed E-state index contributed by atoms with van der Waals surface area (Å²) in [6.07, 6.45) is 6.23. The Kier molecular flexibility index (Phi) is 7.86. The molecule has 1 aromatic heterocycles. The Morgan fingerprint density at radius 3 is 2.46 bits per heavy atom. The van der Waals surface area contributed by atoms with Crippen molar-refractivity contribution in [2.75, 3.05) is 13.2 Å². The number of hydrogen-bond donors (Lipinski definition) is 1. The summed E-state index contributed by atoms with van der Waals surface area (Å²) in [5.41, 5.74) is 5.73. The first-order valence-electron chi connectivity index (χ1n) is 12.5. The number of aliphatic hydroxyl groups excluding tert-OH is 1. The lowest BCUT2D eigenvalue weighted by atomic mass is 9.90. The molecule has 1 aliphatic heterocycles. The number of fused-ring (bicyclic) bond motifs is 1. The molecule has 0 radical (unpaired) electrons. The molecule has 3 aromatic rings. The highest BCUT2D eigenvalue weighted by Crippen LogP contribution is 2.37. The quantitative estimate of drug-likeness (QED) is 0.446. The van der Waals surface area contributed by atoms with Crippen LogP contribution in [0.25, 0.3) is 0 Å². The standard InChI is InChI=1S/C30H36N2O3/c1-22(2)26-8-4-24(5-9-26)19-30(3)20-27-18-23(6-10-28(27)35-30)7-11-29(34)32(16-17-33)21-25-12-14-31-15-13-25/h4-6,8-10,12-15,18,22,33H,7,11,16-17,19-21H2,1-3H3. The number of ether oxygens (including phenoxy) is 1. The average molecular weight is 473 g/mol. The van der Waals surface area contributed by atoms with Gasteiger partial charge in [0, 0.05) is 44.7 Å². The summed E-state index contributed by atoms with van der Waals surface area (Å²) >= 11 is 0. The van der Waals surface area contributed by atoms with Crippen molar-refractivity contribution in [3.63, 3.8) is 0 Å². The van der Waals surface area contributed by atoms with Gasteiger partial charge in [0.2, 0.25) is 5.91 Å². The van der Waals surface area contributed by atoms with Gasteiger partial charge in [0.1, 0.15) is 11.4 Å². The molecule has 1 N–H and O–H groups in total. The number of rotatable bonds is 10. The minimum Gasteiger partial charge on any atom is -0.487 e. The summed E-state index contributed by atoms with van der Waals surface area (Å²) in [7, 11) is 0. The van der Waals surface area contributed by atoms with E-state index in [1.54, 1.807) is 17.3 Å². The minimum absolute atomic E-state index is 0.0438. The van der Waals surface area contributed by atoms with Crippen molar-refractivity contribution in [3.8, 4) is 5.75 Å². The van der Waals surface area contributed by atoms with Gasteiger partial charge in [0.05, 0.1) is 6.61 Å². The van der Waals surface area contributed by atoms with Gasteiger partial charge in [-0.05, 0) is 65.3 Å². The third-order valence-electron chi connectivity index (χ3n) is 6.74. The molecule has 5 nitrogen and oxygen atoms in total. The number of carbonyl (C=O) groups is 1. The van der Waals surface area contributed by atoms with E-state index in [1.807, 2.05) is 18.2 Å². The van der Waals surface area contributed by atoms with E-state index in [0.717, 1.165) is 29.7 Å². The van der Waals surface area contributed by atoms with Gasteiger partial charge in [-0.3, -0.25) is 9.78 Å². The second-order valence-electron chi connectivity index (χ2n) is 10.1. The van der Waals surface area contributed by atoms with E-state index in [4.69, 9.17) is 4.74 Å². The highest BCUT2D eigenvalue weighted by molar-refractivity contribution is 5.76. The lowest BCUT2D eigenvalue weighted by Crippen LogP contribution is -2.33. The molecule has 35 heavy (non-hydrogen) atoms. The number of benzene rings is 2. The molecule has 0 spiro atoms. The van der Waals surface area contributed by atoms with Crippen LogP contribution in [-0.4, -0.2) is 39.7 Å². The number of amides is 1. The van der Waals surface area contributed by atoms with Crippen molar-refractivity contribution in [1.82, 2.24) is 9.88 Å². The summed E-state index contributed by atoms with van der Waals surface area (Å²) in [4.78, 5) is 18.6. The number of aryl methyl sites for hydroxylation is 1. The molecule has 2 heterocycles. The van der Waals surface area contributed by atoms with Gasteiger partial charge in [-0.15, -0.1) is 0 Å². The highest BCUT2D eigenvalue weighted by Gasteiger charge is 2.35. The number of hydrogen-bond acceptors (Lipinski definition) is 4. The Morgan fingerprint density at radius 2 is 1.77 bits per heavy atom. The summed E-state index contributed by atoms with van der Waals surface area (Å²) in [6.45, 7) is 7.36. The van der Waals surface area contributed by atoms with Crippen LogP contribution < -0.4 is 4.74 Å². The topological polar surface area (TPSA) is 62.7 Å². The fraction of sp³-hybridized carbons (Fsp3) is 0.400. The van der Waals surface area contributed by atoms with Crippen LogP contribution in [0.5, 0.6) is 5.75 Å². The maximum absolute atomic E-state index is 12.9. The molecule has 2 aromatic carbocycles. The minimum atomic E-state index is -0.265. The lowest BCUT2D eigenvalue weighted by Gasteiger charge is -2.24. The molecule has 0 saturated heterocycles. The number of pyridine rings is 1. The molecule has 1 atom stereocenters. The second kappa shape index (κ2) is 11.0. The van der Waals surface area contributed by atoms with Gasteiger partial charge < -0.3 is 14.7 Å². The van der Waals surface area contributed by atoms with Crippen LogP contribution in [0.2, 0.25) is 0 Å². The first-order valence-corrected chi connectivity index (χ1v) is 12.5. The molecular weight excluding hydrogens is 436 g/mol. The van der Waals surface area contributed by atoms with Gasteiger partial charge in [-0.25, -0.2) is 0 Å². The van der Waals surface area contributed by atoms with Crippen LogP contribution in [0, 0.1) is 0 Å². The zero-order valence-corrected chi connectivity index (χ0v) is 21.0. The number of aromatic nitrogens is 1. The Bertz CT molecular complexity index is 1130. The van der Waals surface area contributed by atoms with Crippen LogP contribution >= 0.6 is 0 Å². The molecule has 0 aliphatic carbocycles. The van der Waals surface area contributed by atoms with Gasteiger partial charge in [-0.2, -0.15) is 0 Å². The van der Waals surface area contributed by atoms with Crippen molar-refractivity contribution in [2.45, 2.75) is 64.5 Å². The van der Waals surface area contributed by atoms with E-state index in [0.29, 0.717) is 31.8 Å². The highest BCUT2D eigenvalue weighted by atomic mass is 16.5. The van der Waals surface area contributed by atoms with E-state index in [-0.39, 0.29) is 18.1 Å². The molecule has 184 valence electrons. The van der Waals surface area contributed by atoms with E-state index in [1.165, 1.54) is 16.7 Å². The fourth-order valence-corrected chi connectivity index (χ4v) is 4.81. The zero-order chi connectivity index (χ0) is 24.8. The van der Waals surface area contributed by atoms with Crippen molar-refractivity contribution in [1.29, 1.82) is 0 Å². The summed E-state index contributed by atoms with van der Waals surface area (Å²) in [5, 5.41) is 9.43. The predicted molar refractivity (Wildman–Crippen MR) is 138 cm³/mol. The maximum atomic E-state index is 12.9. The molecule has 0 saturated carbocycles. The van der Waals surface area contributed by atoms with E-state index >= 15 is 0 Å². The summed E-state index contributed by atoms with van der Waals surface area (Å²) in [5.74, 6) is 1.52. The van der Waals surface area contributed by atoms with Crippen LogP contribution in [0.3, 0.4) is 0 Å². The molecule has 0 fully saturated rings. The largest absolute Gasteiger partial charge is 0.487 e. The van der Waals surface area contributed by atoms with Crippen LogP contribution in [0.4, 0.5) is 0 Å². The van der Waals surface area contributed by atoms with Crippen LogP contribution in [-0.2, 0) is 30.6 Å². The third-order valence-corrected chi connectivity index (χ3v) is 6.74. The predicted octanol–water partition coefficient (Wildman–Crippen LogP) is 5.10. The van der Waals surface area contributed by atoms with Crippen molar-refractivity contribution < 1.29 is 14.6 Å². The molecule has 1 aliphatic rings. The smallest absolute Gasteiger partial charge is 0.223 e. The lowest BCUT2D eigenvalue weighted by molar-refractivity contribution is -0.132. The van der Waals surface area contributed by atoms with Crippen LogP contribution in [0.1, 0.15) is 60.9 Å². The molecule has 1 amide bonds. The Morgan fingerprint density at radius 1 is 1.06 bits per heavy atom. The molecule has 0 bridgehead atoms. The Labute approximate surface area is 208 Å². The zero-order valence-electron chi connectivity index (χ0n) is 21.0. The van der Waals surface area contributed by atoms with Crippen molar-refractivity contribution in [2.24, 2.45) is 0 Å².